The molecule has 2 saturated heterocycles. The Kier molecular flexibility index (Phi) is 9.05. The molecular weight excluding hydrogens is 534 g/mol. The van der Waals surface area contributed by atoms with Crippen LogP contribution in [-0.4, -0.2) is 89.3 Å². The molecule has 2 fully saturated rings. The molecule has 0 radical (unpaired) electrons. The molecule has 222 valence electrons. The summed E-state index contributed by atoms with van der Waals surface area (Å²) in [7, 11) is 6.40. The van der Waals surface area contributed by atoms with Gasteiger partial charge in [0.1, 0.15) is 5.75 Å². The fourth-order valence-electron chi connectivity index (χ4n) is 6.09. The molecule has 2 amide bonds. The van der Waals surface area contributed by atoms with Crippen LogP contribution in [0.5, 0.6) is 23.0 Å². The van der Waals surface area contributed by atoms with Crippen LogP contribution in [0.4, 0.5) is 5.69 Å². The van der Waals surface area contributed by atoms with E-state index >= 15 is 0 Å². The van der Waals surface area contributed by atoms with Crippen LogP contribution in [0.1, 0.15) is 17.0 Å². The highest BCUT2D eigenvalue weighted by Crippen LogP contribution is 2.44. The summed E-state index contributed by atoms with van der Waals surface area (Å²) in [5, 5.41) is 0. The third kappa shape index (κ3) is 5.95. The molecule has 0 aliphatic carbocycles. The van der Waals surface area contributed by atoms with Crippen LogP contribution in [0.3, 0.4) is 0 Å². The van der Waals surface area contributed by atoms with E-state index in [1.54, 1.807) is 28.4 Å². The van der Waals surface area contributed by atoms with Gasteiger partial charge >= 0.3 is 0 Å². The average molecular weight is 574 g/mol. The number of anilines is 1. The standard InChI is InChI=1S/C33H39N3O6/c1-39-28-13-9-8-12-27(28)34-14-16-35(17-15-34)33(38)26-22-36(31(37)18-23-10-6-5-7-11-23)21-25(26)24-19-29(40-2)32(42-4)30(20-24)41-3/h5-13,19-20,25-26H,14-18,21-22H2,1-4H3. The Labute approximate surface area is 247 Å². The number of hydrogen-bond acceptors (Lipinski definition) is 7. The van der Waals surface area contributed by atoms with E-state index < -0.39 is 5.92 Å². The van der Waals surface area contributed by atoms with Crippen molar-refractivity contribution in [3.63, 3.8) is 0 Å². The summed E-state index contributed by atoms with van der Waals surface area (Å²) in [4.78, 5) is 33.6. The Bertz CT molecular complexity index is 1360. The minimum absolute atomic E-state index is 0.00920. The van der Waals surface area contributed by atoms with Crippen molar-refractivity contribution in [3.8, 4) is 23.0 Å². The Morgan fingerprint density at radius 2 is 1.33 bits per heavy atom. The third-order valence-electron chi connectivity index (χ3n) is 8.32. The van der Waals surface area contributed by atoms with Gasteiger partial charge in [-0.1, -0.05) is 42.5 Å². The van der Waals surface area contributed by atoms with E-state index in [1.807, 2.05) is 76.5 Å². The molecule has 0 N–H and O–H groups in total. The molecule has 2 aliphatic rings. The summed E-state index contributed by atoms with van der Waals surface area (Å²) >= 11 is 0. The van der Waals surface area contributed by atoms with Crippen LogP contribution < -0.4 is 23.8 Å². The van der Waals surface area contributed by atoms with E-state index in [2.05, 4.69) is 4.90 Å². The number of rotatable bonds is 9. The van der Waals surface area contributed by atoms with E-state index in [1.165, 1.54) is 0 Å². The summed E-state index contributed by atoms with van der Waals surface area (Å²) in [5.74, 6) is 1.81. The van der Waals surface area contributed by atoms with Crippen molar-refractivity contribution in [2.45, 2.75) is 12.3 Å². The number of likely N-dealkylation sites (tertiary alicyclic amines) is 1. The summed E-state index contributed by atoms with van der Waals surface area (Å²) in [6.45, 7) is 3.37. The lowest BCUT2D eigenvalue weighted by Crippen LogP contribution is -2.51. The van der Waals surface area contributed by atoms with Crippen LogP contribution in [0.2, 0.25) is 0 Å². The summed E-state index contributed by atoms with van der Waals surface area (Å²) in [5.41, 5.74) is 2.86. The van der Waals surface area contributed by atoms with Gasteiger partial charge in [0.2, 0.25) is 17.6 Å². The number of amides is 2. The number of benzene rings is 3. The lowest BCUT2D eigenvalue weighted by Gasteiger charge is -2.38. The molecule has 9 heteroatoms. The Morgan fingerprint density at radius 1 is 0.714 bits per heavy atom. The predicted octanol–water partition coefficient (Wildman–Crippen LogP) is 3.85. The Balaban J connectivity index is 1.39. The van der Waals surface area contributed by atoms with Crippen LogP contribution in [-0.2, 0) is 16.0 Å². The first-order chi connectivity index (χ1) is 20.5. The molecule has 42 heavy (non-hydrogen) atoms. The van der Waals surface area contributed by atoms with Crippen molar-refractivity contribution in [1.29, 1.82) is 0 Å². The Morgan fingerprint density at radius 3 is 1.95 bits per heavy atom. The summed E-state index contributed by atoms with van der Waals surface area (Å²) in [6, 6.07) is 21.5. The number of hydrogen-bond donors (Lipinski definition) is 0. The molecular formula is C33H39N3O6. The van der Waals surface area contributed by atoms with Crippen molar-refractivity contribution < 1.29 is 28.5 Å². The molecule has 2 unspecified atom stereocenters. The first kappa shape index (κ1) is 29.1. The second-order valence-electron chi connectivity index (χ2n) is 10.6. The van der Waals surface area contributed by atoms with Gasteiger partial charge < -0.3 is 33.6 Å². The molecule has 2 atom stereocenters. The summed E-state index contributed by atoms with van der Waals surface area (Å²) < 4.78 is 22.3. The zero-order valence-corrected chi connectivity index (χ0v) is 24.7. The Hall–Kier alpha value is -4.40. The highest BCUT2D eigenvalue weighted by molar-refractivity contribution is 5.84. The van der Waals surface area contributed by atoms with Crippen LogP contribution in [0.25, 0.3) is 0 Å². The number of methoxy groups -OCH3 is 4. The van der Waals surface area contributed by atoms with Crippen molar-refractivity contribution in [2.24, 2.45) is 5.92 Å². The second-order valence-corrected chi connectivity index (χ2v) is 10.6. The van der Waals surface area contributed by atoms with Crippen molar-refractivity contribution in [3.05, 3.63) is 77.9 Å². The monoisotopic (exact) mass is 573 g/mol. The number of piperazine rings is 1. The van der Waals surface area contributed by atoms with E-state index in [0.717, 1.165) is 22.6 Å². The topological polar surface area (TPSA) is 80.8 Å². The highest BCUT2D eigenvalue weighted by Gasteiger charge is 2.43. The lowest BCUT2D eigenvalue weighted by molar-refractivity contribution is -0.136. The maximum absolute atomic E-state index is 14.2. The fourth-order valence-corrected chi connectivity index (χ4v) is 6.09. The molecule has 0 saturated carbocycles. The van der Waals surface area contributed by atoms with E-state index in [0.29, 0.717) is 62.9 Å². The highest BCUT2D eigenvalue weighted by atomic mass is 16.5. The van der Waals surface area contributed by atoms with Gasteiger partial charge in [0.25, 0.3) is 0 Å². The number of para-hydroxylation sites is 2. The zero-order valence-electron chi connectivity index (χ0n) is 24.7. The number of carbonyl (C=O) groups is 2. The number of ether oxygens (including phenoxy) is 4. The second kappa shape index (κ2) is 13.1. The van der Waals surface area contributed by atoms with Crippen molar-refractivity contribution in [2.75, 3.05) is 72.6 Å². The van der Waals surface area contributed by atoms with Gasteiger partial charge in [0.05, 0.1) is 46.5 Å². The molecule has 0 aromatic heterocycles. The minimum Gasteiger partial charge on any atom is -0.495 e. The van der Waals surface area contributed by atoms with Gasteiger partial charge in [-0.25, -0.2) is 0 Å². The molecule has 5 rings (SSSR count). The molecule has 9 nitrogen and oxygen atoms in total. The van der Waals surface area contributed by atoms with Gasteiger partial charge in [-0.3, -0.25) is 9.59 Å². The van der Waals surface area contributed by atoms with E-state index in [9.17, 15) is 9.59 Å². The smallest absolute Gasteiger partial charge is 0.228 e. The quantitative estimate of drug-likeness (QED) is 0.385. The normalized spacial score (nSPS) is 18.5. The fraction of sp³-hybridized carbons (Fsp3) is 0.394. The average Bonchev–Trinajstić information content (AvgIpc) is 3.50. The summed E-state index contributed by atoms with van der Waals surface area (Å²) in [6.07, 6.45) is 0.293. The maximum atomic E-state index is 14.2. The molecule has 0 bridgehead atoms. The largest absolute Gasteiger partial charge is 0.495 e. The molecule has 2 aliphatic heterocycles. The van der Waals surface area contributed by atoms with Crippen LogP contribution in [0.15, 0.2) is 66.7 Å². The van der Waals surface area contributed by atoms with Gasteiger partial charge in [0.15, 0.2) is 11.5 Å². The SMILES string of the molecule is COc1ccccc1N1CCN(C(=O)C2CN(C(=O)Cc3ccccc3)CC2c2cc(OC)c(OC)c(OC)c2)CC1. The molecule has 2 heterocycles. The number of carbonyl (C=O) groups excluding carboxylic acids is 2. The number of nitrogens with zero attached hydrogens (tertiary/aromatic N) is 3. The molecule has 3 aromatic rings. The lowest BCUT2D eigenvalue weighted by atomic mass is 9.87. The first-order valence-electron chi connectivity index (χ1n) is 14.3. The van der Waals surface area contributed by atoms with Crippen LogP contribution in [0, 0.1) is 5.92 Å². The zero-order chi connectivity index (χ0) is 29.6. The van der Waals surface area contributed by atoms with Gasteiger partial charge in [-0.05, 0) is 35.4 Å². The van der Waals surface area contributed by atoms with Gasteiger partial charge in [-0.15, -0.1) is 0 Å². The third-order valence-corrected chi connectivity index (χ3v) is 8.32. The molecule has 3 aromatic carbocycles. The van der Waals surface area contributed by atoms with E-state index in [-0.39, 0.29) is 17.7 Å². The van der Waals surface area contributed by atoms with Crippen molar-refractivity contribution in [1.82, 2.24) is 9.80 Å². The van der Waals surface area contributed by atoms with Crippen molar-refractivity contribution >= 4 is 17.5 Å². The van der Waals surface area contributed by atoms with Gasteiger partial charge in [0, 0.05) is 45.2 Å². The first-order valence-corrected chi connectivity index (χ1v) is 14.3. The predicted molar refractivity (Wildman–Crippen MR) is 161 cm³/mol. The van der Waals surface area contributed by atoms with Crippen LogP contribution >= 0.6 is 0 Å². The van der Waals surface area contributed by atoms with Gasteiger partial charge in [-0.2, -0.15) is 0 Å². The molecule has 0 spiro atoms. The maximum Gasteiger partial charge on any atom is 0.228 e. The minimum atomic E-state index is -0.398. The van der Waals surface area contributed by atoms with E-state index in [4.69, 9.17) is 18.9 Å².